The molecule has 0 spiro atoms. The Bertz CT molecular complexity index is 3420. The smallest absolute Gasteiger partial charge is 0.235 e. The summed E-state index contributed by atoms with van der Waals surface area (Å²) < 4.78 is 7.22. The summed E-state index contributed by atoms with van der Waals surface area (Å²) in [6, 6.07) is 61.2. The Kier molecular flexibility index (Phi) is 5.90. The average Bonchev–Trinajstić information content (AvgIpc) is 3.87. The van der Waals surface area contributed by atoms with Crippen LogP contribution in [-0.2, 0) is 0 Å². The predicted octanol–water partition coefficient (Wildman–Crippen LogP) is 13.0. The number of thiophene rings is 1. The first-order valence-electron chi connectivity index (χ1n) is 17.9. The SMILES string of the molecule is c1ccc2c(c1)ccc1c2c2ccc(-n3c4ccccc4c4ccccc43)cc2n1-c1nc(-c2ccc3c(c2)sc2ccccc23)c2ccccc2n1. The van der Waals surface area contributed by atoms with E-state index in [2.05, 4.69) is 179 Å². The van der Waals surface area contributed by atoms with Gasteiger partial charge in [-0.3, -0.25) is 4.57 Å². The molecule has 0 N–H and O–H groups in total. The van der Waals surface area contributed by atoms with Gasteiger partial charge in [-0.1, -0.05) is 121 Å². The molecular weight excluding hydrogens is 665 g/mol. The van der Waals surface area contributed by atoms with Gasteiger partial charge in [0.25, 0.3) is 0 Å². The second kappa shape index (κ2) is 10.8. The topological polar surface area (TPSA) is 35.6 Å². The van der Waals surface area contributed by atoms with Gasteiger partial charge in [0, 0.05) is 58.4 Å². The van der Waals surface area contributed by atoms with Crippen molar-refractivity contribution in [3.05, 3.63) is 170 Å². The summed E-state index contributed by atoms with van der Waals surface area (Å²) in [7, 11) is 0. The molecule has 5 heteroatoms. The van der Waals surface area contributed by atoms with Gasteiger partial charge < -0.3 is 4.57 Å². The zero-order valence-corrected chi connectivity index (χ0v) is 29.2. The number of aromatic nitrogens is 4. The van der Waals surface area contributed by atoms with E-state index in [1.165, 1.54) is 63.5 Å². The van der Waals surface area contributed by atoms with Crippen molar-refractivity contribution in [1.29, 1.82) is 0 Å². The summed E-state index contributed by atoms with van der Waals surface area (Å²) in [4.78, 5) is 10.8. The molecule has 53 heavy (non-hydrogen) atoms. The Balaban J connectivity index is 1.18. The molecule has 12 rings (SSSR count). The molecule has 0 aliphatic heterocycles. The molecular formula is C48H28N4S. The van der Waals surface area contributed by atoms with E-state index in [-0.39, 0.29) is 0 Å². The molecule has 4 heterocycles. The van der Waals surface area contributed by atoms with Crippen molar-refractivity contribution < 1.29 is 0 Å². The van der Waals surface area contributed by atoms with Gasteiger partial charge in [0.1, 0.15) is 0 Å². The number of benzene rings is 8. The minimum Gasteiger partial charge on any atom is -0.309 e. The maximum Gasteiger partial charge on any atom is 0.235 e. The van der Waals surface area contributed by atoms with Crippen LogP contribution in [0.3, 0.4) is 0 Å². The van der Waals surface area contributed by atoms with Crippen LogP contribution in [0, 0.1) is 0 Å². The third kappa shape index (κ3) is 4.11. The zero-order chi connectivity index (χ0) is 34.6. The third-order valence-electron chi connectivity index (χ3n) is 10.9. The van der Waals surface area contributed by atoms with Crippen molar-refractivity contribution in [3.63, 3.8) is 0 Å². The molecule has 0 aliphatic rings. The molecule has 0 saturated heterocycles. The maximum atomic E-state index is 5.50. The number of hydrogen-bond donors (Lipinski definition) is 0. The molecule has 0 aliphatic carbocycles. The number of rotatable bonds is 3. The van der Waals surface area contributed by atoms with Crippen LogP contribution in [0.4, 0.5) is 0 Å². The highest BCUT2D eigenvalue weighted by molar-refractivity contribution is 7.25. The summed E-state index contributed by atoms with van der Waals surface area (Å²) in [5, 5.41) is 10.9. The Morgan fingerprint density at radius 3 is 1.89 bits per heavy atom. The first kappa shape index (κ1) is 28.8. The number of hydrogen-bond acceptors (Lipinski definition) is 3. The molecule has 0 amide bonds. The third-order valence-corrected chi connectivity index (χ3v) is 12.1. The van der Waals surface area contributed by atoms with Crippen molar-refractivity contribution >= 4 is 96.8 Å². The van der Waals surface area contributed by atoms with Gasteiger partial charge in [0.2, 0.25) is 5.95 Å². The van der Waals surface area contributed by atoms with Crippen LogP contribution in [-0.4, -0.2) is 19.1 Å². The van der Waals surface area contributed by atoms with Crippen molar-refractivity contribution in [2.75, 3.05) is 0 Å². The molecule has 246 valence electrons. The second-order valence-corrected chi connectivity index (χ2v) is 14.9. The van der Waals surface area contributed by atoms with Crippen LogP contribution in [0.2, 0.25) is 0 Å². The van der Waals surface area contributed by atoms with Gasteiger partial charge in [-0.15, -0.1) is 11.3 Å². The molecule has 8 aromatic carbocycles. The fraction of sp³-hybridized carbons (Fsp3) is 0. The highest BCUT2D eigenvalue weighted by Gasteiger charge is 2.21. The normalized spacial score (nSPS) is 12.2. The standard InChI is InChI=1S/C48H28N4S/c1-2-12-32-29(11-1)22-26-42-46(32)38-25-23-31(51-40-18-8-4-13-33(40)34-14-5-9-19-41(34)51)28-43(38)52(42)48-49-39-17-7-3-16-37(39)47(50-48)30-21-24-36-35-15-6-10-20-44(35)53-45(36)27-30/h1-28H. The summed E-state index contributed by atoms with van der Waals surface area (Å²) >= 11 is 1.83. The Morgan fingerprint density at radius 1 is 0.396 bits per heavy atom. The lowest BCUT2D eigenvalue weighted by Crippen LogP contribution is -2.04. The van der Waals surface area contributed by atoms with Gasteiger partial charge in [-0.05, 0) is 59.3 Å². The molecule has 0 atom stereocenters. The van der Waals surface area contributed by atoms with Crippen molar-refractivity contribution in [3.8, 4) is 22.9 Å². The lowest BCUT2D eigenvalue weighted by atomic mass is 10.0. The van der Waals surface area contributed by atoms with Crippen LogP contribution < -0.4 is 0 Å². The van der Waals surface area contributed by atoms with Crippen LogP contribution in [0.1, 0.15) is 0 Å². The van der Waals surface area contributed by atoms with E-state index < -0.39 is 0 Å². The second-order valence-electron chi connectivity index (χ2n) is 13.8. The lowest BCUT2D eigenvalue weighted by molar-refractivity contribution is 1.01. The Labute approximate surface area is 307 Å². The lowest BCUT2D eigenvalue weighted by Gasteiger charge is -2.13. The van der Waals surface area contributed by atoms with E-state index in [9.17, 15) is 0 Å². The minimum atomic E-state index is 0.657. The van der Waals surface area contributed by atoms with Crippen LogP contribution >= 0.6 is 11.3 Å². The Morgan fingerprint density at radius 2 is 1.06 bits per heavy atom. The van der Waals surface area contributed by atoms with Gasteiger partial charge in [0.05, 0.1) is 33.3 Å². The number of para-hydroxylation sites is 3. The minimum absolute atomic E-state index is 0.657. The highest BCUT2D eigenvalue weighted by Crippen LogP contribution is 2.41. The van der Waals surface area contributed by atoms with E-state index in [4.69, 9.17) is 9.97 Å². The largest absolute Gasteiger partial charge is 0.309 e. The van der Waals surface area contributed by atoms with Crippen LogP contribution in [0.25, 0.3) is 108 Å². The quantitative estimate of drug-likeness (QED) is 0.185. The van der Waals surface area contributed by atoms with Crippen LogP contribution in [0.15, 0.2) is 170 Å². The molecule has 4 nitrogen and oxygen atoms in total. The highest BCUT2D eigenvalue weighted by atomic mass is 32.1. The van der Waals surface area contributed by atoms with E-state index in [1.54, 1.807) is 0 Å². The fourth-order valence-corrected chi connectivity index (χ4v) is 9.73. The summed E-state index contributed by atoms with van der Waals surface area (Å²) in [6.45, 7) is 0. The van der Waals surface area contributed by atoms with Crippen molar-refractivity contribution in [2.45, 2.75) is 0 Å². The van der Waals surface area contributed by atoms with Gasteiger partial charge in [-0.25, -0.2) is 9.97 Å². The molecule has 12 aromatic rings. The van der Waals surface area contributed by atoms with E-state index in [0.29, 0.717) is 5.95 Å². The Hall–Kier alpha value is -6.82. The molecule has 0 saturated carbocycles. The molecule has 0 radical (unpaired) electrons. The fourth-order valence-electron chi connectivity index (χ4n) is 8.59. The van der Waals surface area contributed by atoms with E-state index in [0.717, 1.165) is 38.9 Å². The summed E-state index contributed by atoms with van der Waals surface area (Å²) in [6.07, 6.45) is 0. The molecule has 0 bridgehead atoms. The van der Waals surface area contributed by atoms with E-state index >= 15 is 0 Å². The van der Waals surface area contributed by atoms with Crippen molar-refractivity contribution in [1.82, 2.24) is 19.1 Å². The first-order valence-corrected chi connectivity index (χ1v) is 18.7. The van der Waals surface area contributed by atoms with Gasteiger partial charge >= 0.3 is 0 Å². The summed E-state index contributed by atoms with van der Waals surface area (Å²) in [5.41, 5.74) is 8.54. The molecule has 0 fully saturated rings. The van der Waals surface area contributed by atoms with Gasteiger partial charge in [-0.2, -0.15) is 0 Å². The van der Waals surface area contributed by atoms with E-state index in [1.807, 2.05) is 11.3 Å². The van der Waals surface area contributed by atoms with Gasteiger partial charge in [0.15, 0.2) is 0 Å². The first-order chi connectivity index (χ1) is 26.3. The predicted molar refractivity (Wildman–Crippen MR) is 224 cm³/mol. The maximum absolute atomic E-state index is 5.50. The van der Waals surface area contributed by atoms with Crippen LogP contribution in [0.5, 0.6) is 0 Å². The average molecular weight is 693 g/mol. The summed E-state index contributed by atoms with van der Waals surface area (Å²) in [5.74, 6) is 0.657. The number of nitrogens with zero attached hydrogens (tertiary/aromatic N) is 4. The monoisotopic (exact) mass is 692 g/mol. The molecule has 0 unspecified atom stereocenters. The zero-order valence-electron chi connectivity index (χ0n) is 28.4. The van der Waals surface area contributed by atoms with Crippen molar-refractivity contribution in [2.24, 2.45) is 0 Å². The number of fused-ring (bicyclic) bond motifs is 12. The molecule has 4 aromatic heterocycles.